The molecule has 6 heteroatoms. The average Bonchev–Trinajstić information content (AvgIpc) is 2.38. The largest absolute Gasteiger partial charge is 0.348 e. The molecule has 5 nitrogen and oxygen atoms in total. The van der Waals surface area contributed by atoms with Crippen molar-refractivity contribution >= 4 is 23.4 Å². The molecule has 1 aromatic rings. The highest BCUT2D eigenvalue weighted by Crippen LogP contribution is 2.09. The summed E-state index contributed by atoms with van der Waals surface area (Å²) in [5.41, 5.74) is 1.01. The van der Waals surface area contributed by atoms with Gasteiger partial charge >= 0.3 is 11.8 Å². The first kappa shape index (κ1) is 14.0. The highest BCUT2D eigenvalue weighted by Gasteiger charge is 2.11. The van der Waals surface area contributed by atoms with Gasteiger partial charge in [-0.15, -0.1) is 0 Å². The summed E-state index contributed by atoms with van der Waals surface area (Å²) in [5, 5.41) is 13.5. The van der Waals surface area contributed by atoms with Gasteiger partial charge in [0, 0.05) is 11.6 Å². The standard InChI is InChI=1S/C12H12ClN3O2/c13-10-3-1-9(2-4-10)5-7-15-11(17)12(18)16-8-6-14/h1-4H,5,7-8H2,(H,15,17)(H,16,18). The molecule has 18 heavy (non-hydrogen) atoms. The van der Waals surface area contributed by atoms with Gasteiger partial charge in [0.2, 0.25) is 0 Å². The van der Waals surface area contributed by atoms with Gasteiger partial charge in [-0.3, -0.25) is 9.59 Å². The fraction of sp³-hybridized carbons (Fsp3) is 0.250. The van der Waals surface area contributed by atoms with Crippen LogP contribution in [0, 0.1) is 11.3 Å². The molecule has 2 N–H and O–H groups in total. The predicted molar refractivity (Wildman–Crippen MR) is 66.8 cm³/mol. The second kappa shape index (κ2) is 7.30. The summed E-state index contributed by atoms with van der Waals surface area (Å²) in [7, 11) is 0. The van der Waals surface area contributed by atoms with Crippen LogP contribution in [-0.2, 0) is 16.0 Å². The smallest absolute Gasteiger partial charge is 0.310 e. The van der Waals surface area contributed by atoms with Crippen molar-refractivity contribution in [3.8, 4) is 6.07 Å². The minimum absolute atomic E-state index is 0.177. The Kier molecular flexibility index (Phi) is 5.68. The van der Waals surface area contributed by atoms with E-state index >= 15 is 0 Å². The van der Waals surface area contributed by atoms with E-state index in [1.807, 2.05) is 12.1 Å². The van der Waals surface area contributed by atoms with Crippen molar-refractivity contribution in [3.63, 3.8) is 0 Å². The van der Waals surface area contributed by atoms with Crippen molar-refractivity contribution in [2.75, 3.05) is 13.1 Å². The van der Waals surface area contributed by atoms with E-state index in [2.05, 4.69) is 10.6 Å². The molecule has 1 aromatic carbocycles. The van der Waals surface area contributed by atoms with E-state index in [1.54, 1.807) is 18.2 Å². The van der Waals surface area contributed by atoms with Gasteiger partial charge in [0.15, 0.2) is 0 Å². The van der Waals surface area contributed by atoms with Crippen LogP contribution in [0.1, 0.15) is 5.56 Å². The Morgan fingerprint density at radius 1 is 1.17 bits per heavy atom. The van der Waals surface area contributed by atoms with Gasteiger partial charge in [0.1, 0.15) is 6.54 Å². The van der Waals surface area contributed by atoms with Crippen molar-refractivity contribution in [1.82, 2.24) is 10.6 Å². The molecular formula is C12H12ClN3O2. The van der Waals surface area contributed by atoms with Crippen LogP contribution in [0.15, 0.2) is 24.3 Å². The number of carbonyl (C=O) groups excluding carboxylic acids is 2. The SMILES string of the molecule is N#CCNC(=O)C(=O)NCCc1ccc(Cl)cc1. The molecule has 0 heterocycles. The minimum Gasteiger partial charge on any atom is -0.348 e. The molecule has 0 fully saturated rings. The third-order valence-corrected chi connectivity index (χ3v) is 2.40. The number of benzene rings is 1. The first-order chi connectivity index (χ1) is 8.63. The minimum atomic E-state index is -0.798. The Hall–Kier alpha value is -2.06. The highest BCUT2D eigenvalue weighted by molar-refractivity contribution is 6.35. The van der Waals surface area contributed by atoms with Crippen LogP contribution in [0.5, 0.6) is 0 Å². The molecule has 2 amide bonds. The van der Waals surface area contributed by atoms with Crippen molar-refractivity contribution in [3.05, 3.63) is 34.9 Å². The number of carbonyl (C=O) groups is 2. The van der Waals surface area contributed by atoms with Gasteiger partial charge < -0.3 is 10.6 Å². The highest BCUT2D eigenvalue weighted by atomic mass is 35.5. The summed E-state index contributed by atoms with van der Waals surface area (Å²) >= 11 is 5.74. The van der Waals surface area contributed by atoms with Gasteiger partial charge in [-0.2, -0.15) is 5.26 Å². The van der Waals surface area contributed by atoms with Crippen LogP contribution < -0.4 is 10.6 Å². The van der Waals surface area contributed by atoms with Crippen LogP contribution >= 0.6 is 11.6 Å². The van der Waals surface area contributed by atoms with Crippen LogP contribution in [0.3, 0.4) is 0 Å². The fourth-order valence-corrected chi connectivity index (χ4v) is 1.38. The zero-order chi connectivity index (χ0) is 13.4. The maximum Gasteiger partial charge on any atom is 0.310 e. The molecule has 0 aliphatic carbocycles. The molecule has 0 unspecified atom stereocenters. The zero-order valence-corrected chi connectivity index (χ0v) is 10.3. The molecule has 0 bridgehead atoms. The third-order valence-electron chi connectivity index (χ3n) is 2.15. The Labute approximate surface area is 110 Å². The molecule has 0 saturated heterocycles. The third kappa shape index (κ3) is 4.85. The van der Waals surface area contributed by atoms with E-state index in [0.717, 1.165) is 5.56 Å². The molecular weight excluding hydrogens is 254 g/mol. The van der Waals surface area contributed by atoms with Crippen molar-refractivity contribution in [2.24, 2.45) is 0 Å². The Balaban J connectivity index is 2.29. The first-order valence-corrected chi connectivity index (χ1v) is 5.68. The lowest BCUT2D eigenvalue weighted by Crippen LogP contribution is -2.40. The molecule has 0 aromatic heterocycles. The number of nitriles is 1. The average molecular weight is 266 g/mol. The van der Waals surface area contributed by atoms with E-state index < -0.39 is 11.8 Å². The molecule has 0 aliphatic heterocycles. The number of rotatable bonds is 4. The normalized spacial score (nSPS) is 9.33. The van der Waals surface area contributed by atoms with E-state index in [1.165, 1.54) is 0 Å². The van der Waals surface area contributed by atoms with Crippen LogP contribution in [0.25, 0.3) is 0 Å². The van der Waals surface area contributed by atoms with Gasteiger partial charge in [-0.25, -0.2) is 0 Å². The molecule has 0 spiro atoms. The Bertz CT molecular complexity index is 465. The summed E-state index contributed by atoms with van der Waals surface area (Å²) in [4.78, 5) is 22.3. The lowest BCUT2D eigenvalue weighted by Gasteiger charge is -2.04. The van der Waals surface area contributed by atoms with Crippen molar-refractivity contribution < 1.29 is 9.59 Å². The molecule has 0 radical (unpaired) electrons. The number of hydrogen-bond acceptors (Lipinski definition) is 3. The summed E-state index contributed by atoms with van der Waals surface area (Å²) in [6, 6.07) is 8.94. The number of hydrogen-bond donors (Lipinski definition) is 2. The van der Waals surface area contributed by atoms with E-state index in [9.17, 15) is 9.59 Å². The molecule has 0 saturated carbocycles. The molecule has 94 valence electrons. The Morgan fingerprint density at radius 3 is 2.39 bits per heavy atom. The van der Waals surface area contributed by atoms with Crippen LogP contribution in [-0.4, -0.2) is 24.9 Å². The first-order valence-electron chi connectivity index (χ1n) is 5.31. The number of nitrogens with zero attached hydrogens (tertiary/aromatic N) is 1. The molecule has 0 aliphatic rings. The summed E-state index contributed by atoms with van der Waals surface area (Å²) in [6.45, 7) is 0.171. The van der Waals surface area contributed by atoms with Gasteiger partial charge in [-0.05, 0) is 24.1 Å². The van der Waals surface area contributed by atoms with Crippen LogP contribution in [0.4, 0.5) is 0 Å². The number of nitrogens with one attached hydrogen (secondary N) is 2. The summed E-state index contributed by atoms with van der Waals surface area (Å²) < 4.78 is 0. The van der Waals surface area contributed by atoms with Gasteiger partial charge in [-0.1, -0.05) is 23.7 Å². The van der Waals surface area contributed by atoms with E-state index in [0.29, 0.717) is 18.0 Å². The zero-order valence-electron chi connectivity index (χ0n) is 9.57. The van der Waals surface area contributed by atoms with Crippen molar-refractivity contribution in [2.45, 2.75) is 6.42 Å². The monoisotopic (exact) mass is 265 g/mol. The fourth-order valence-electron chi connectivity index (χ4n) is 1.25. The maximum atomic E-state index is 11.2. The number of halogens is 1. The number of amides is 2. The second-order valence-corrected chi connectivity index (χ2v) is 3.91. The predicted octanol–water partition coefficient (Wildman–Crippen LogP) is 0.638. The quantitative estimate of drug-likeness (QED) is 0.619. The van der Waals surface area contributed by atoms with E-state index in [4.69, 9.17) is 16.9 Å². The van der Waals surface area contributed by atoms with Gasteiger partial charge in [0.05, 0.1) is 6.07 Å². The van der Waals surface area contributed by atoms with Crippen LogP contribution in [0.2, 0.25) is 5.02 Å². The summed E-state index contributed by atoms with van der Waals surface area (Å²) in [5.74, 6) is -1.54. The van der Waals surface area contributed by atoms with Crippen molar-refractivity contribution in [1.29, 1.82) is 5.26 Å². The Morgan fingerprint density at radius 2 is 1.78 bits per heavy atom. The second-order valence-electron chi connectivity index (χ2n) is 3.47. The lowest BCUT2D eigenvalue weighted by atomic mass is 10.1. The molecule has 0 atom stereocenters. The maximum absolute atomic E-state index is 11.2. The summed E-state index contributed by atoms with van der Waals surface area (Å²) in [6.07, 6.45) is 0.606. The van der Waals surface area contributed by atoms with Gasteiger partial charge in [0.25, 0.3) is 0 Å². The topological polar surface area (TPSA) is 82.0 Å². The lowest BCUT2D eigenvalue weighted by molar-refractivity contribution is -0.139. The molecule has 1 rings (SSSR count). The van der Waals surface area contributed by atoms with E-state index in [-0.39, 0.29) is 6.54 Å².